The Kier molecular flexibility index (Phi) is 101. The third-order valence-electron chi connectivity index (χ3n) is 14.4. The Hall–Kier alpha value is 0.723. The normalized spacial score (nSPS) is 10.8. The molecular weight excluding hydrogens is 964 g/mol. The molecule has 0 saturated heterocycles. The quantitative estimate of drug-likeness (QED) is 0.0545. The standard InChI is InChI=1S/C36H74N.C16H34N.2C8H18N.Zr/c1-3-5-7-9-11-13-15-17-19-21-23-25-27-29-31-33-35-37-36-34-32-30-28-26-24-22-20-18-16-14-12-10-8-6-4-2;1-3-5-7-9-11-13-15-17-16-14-12-10-8-6-4-2;2*1-3-5-7-9-8-6-4-2;/h3-36H2,1-2H3;3-16H2,1-2H3;2*3-8H2,1-2H3;/q4*-1;+4. The molecule has 0 rings (SSSR count). The van der Waals surface area contributed by atoms with E-state index in [2.05, 4.69) is 71.3 Å². The zero-order valence-corrected chi connectivity index (χ0v) is 55.2. The molecule has 0 radical (unpaired) electrons. The summed E-state index contributed by atoms with van der Waals surface area (Å²) in [6.07, 6.45) is 73.2. The molecule has 4 nitrogen and oxygen atoms in total. The summed E-state index contributed by atoms with van der Waals surface area (Å²) in [5.74, 6) is 0. The van der Waals surface area contributed by atoms with Crippen LogP contribution in [0.3, 0.4) is 0 Å². The summed E-state index contributed by atoms with van der Waals surface area (Å²) in [5, 5.41) is 18.1. The van der Waals surface area contributed by atoms with Crippen LogP contribution in [0.15, 0.2) is 0 Å². The van der Waals surface area contributed by atoms with Crippen LogP contribution in [0.25, 0.3) is 21.3 Å². The van der Waals surface area contributed by atoms with Crippen molar-refractivity contribution in [1.29, 1.82) is 0 Å². The Labute approximate surface area is 486 Å². The van der Waals surface area contributed by atoms with Gasteiger partial charge < -0.3 is 21.3 Å². The van der Waals surface area contributed by atoms with Crippen LogP contribution in [0.5, 0.6) is 0 Å². The Bertz CT molecular complexity index is 724. The van der Waals surface area contributed by atoms with Crippen LogP contribution in [0.2, 0.25) is 0 Å². The van der Waals surface area contributed by atoms with Crippen LogP contribution in [-0.2, 0) is 26.2 Å². The number of nitrogens with zero attached hydrogens (tertiary/aromatic N) is 4. The van der Waals surface area contributed by atoms with Crippen LogP contribution in [0, 0.1) is 0 Å². The Balaban J connectivity index is -0.000000348. The van der Waals surface area contributed by atoms with E-state index in [1.807, 2.05) is 0 Å². The second-order valence-electron chi connectivity index (χ2n) is 22.2. The van der Waals surface area contributed by atoms with Crippen LogP contribution in [0.4, 0.5) is 0 Å². The van der Waals surface area contributed by atoms with Crippen molar-refractivity contribution < 1.29 is 26.2 Å². The SMILES string of the molecule is CCCCCCCCCCCCCCCCCC[N-]CCCCCCCCCCCCCCCCCC.CCCCCCCC[N-]CCCCCCCC.CCCC[N-]CCCC.CCCC[N-]CCCC.[Zr+4]. The molecule has 0 atom stereocenters. The van der Waals surface area contributed by atoms with Crippen LogP contribution >= 0.6 is 0 Å². The van der Waals surface area contributed by atoms with E-state index in [9.17, 15) is 0 Å². The van der Waals surface area contributed by atoms with Crippen molar-refractivity contribution in [2.24, 2.45) is 0 Å². The van der Waals surface area contributed by atoms with Gasteiger partial charge in [0.1, 0.15) is 0 Å². The van der Waals surface area contributed by atoms with Crippen LogP contribution in [-0.4, -0.2) is 52.4 Å². The van der Waals surface area contributed by atoms with Gasteiger partial charge in [-0.25, -0.2) is 0 Å². The molecule has 440 valence electrons. The average Bonchev–Trinajstić information content (AvgIpc) is 3.39. The van der Waals surface area contributed by atoms with E-state index >= 15 is 0 Å². The van der Waals surface area contributed by atoms with E-state index in [0.717, 1.165) is 52.4 Å². The van der Waals surface area contributed by atoms with Gasteiger partial charge in [0.05, 0.1) is 0 Å². The smallest absolute Gasteiger partial charge is 0.662 e. The van der Waals surface area contributed by atoms with Gasteiger partial charge in [0, 0.05) is 0 Å². The summed E-state index contributed by atoms with van der Waals surface area (Å²) in [6, 6.07) is 0. The third-order valence-corrected chi connectivity index (χ3v) is 14.4. The zero-order chi connectivity index (χ0) is 53.3. The predicted molar refractivity (Wildman–Crippen MR) is 338 cm³/mol. The fraction of sp³-hybridized carbons (Fsp3) is 1.00. The minimum Gasteiger partial charge on any atom is -0.662 e. The fourth-order valence-corrected chi connectivity index (χ4v) is 9.08. The monoisotopic (exact) mass is 1110 g/mol. The van der Waals surface area contributed by atoms with Gasteiger partial charge in [-0.05, 0) is 0 Å². The van der Waals surface area contributed by atoms with Crippen molar-refractivity contribution in [3.63, 3.8) is 0 Å². The van der Waals surface area contributed by atoms with E-state index in [4.69, 9.17) is 5.32 Å². The molecule has 0 spiro atoms. The number of rotatable bonds is 60. The van der Waals surface area contributed by atoms with Crippen molar-refractivity contribution in [1.82, 2.24) is 0 Å². The summed E-state index contributed by atoms with van der Waals surface area (Å²) >= 11 is 0. The molecular formula is C68H144N4Zr. The maximum absolute atomic E-state index is 4.78. The van der Waals surface area contributed by atoms with Gasteiger partial charge in [0.25, 0.3) is 0 Å². The molecule has 73 heavy (non-hydrogen) atoms. The maximum Gasteiger partial charge on any atom is 4.00 e. The van der Waals surface area contributed by atoms with Crippen molar-refractivity contribution in [2.45, 2.75) is 389 Å². The van der Waals surface area contributed by atoms with Crippen molar-refractivity contribution in [2.75, 3.05) is 52.4 Å². The van der Waals surface area contributed by atoms with E-state index < -0.39 is 0 Å². The first-order valence-corrected chi connectivity index (χ1v) is 34.2. The van der Waals surface area contributed by atoms with Gasteiger partial charge in [0.2, 0.25) is 0 Å². The van der Waals surface area contributed by atoms with E-state index in [-0.39, 0.29) is 26.2 Å². The molecule has 0 fully saturated rings. The van der Waals surface area contributed by atoms with Gasteiger partial charge in [-0.1, -0.05) is 389 Å². The van der Waals surface area contributed by atoms with Crippen molar-refractivity contribution in [3.05, 3.63) is 21.3 Å². The molecule has 0 heterocycles. The van der Waals surface area contributed by atoms with E-state index in [1.54, 1.807) is 0 Å². The second-order valence-corrected chi connectivity index (χ2v) is 22.2. The topological polar surface area (TPSA) is 56.4 Å². The summed E-state index contributed by atoms with van der Waals surface area (Å²) in [6.45, 7) is 26.8. The molecule has 0 aliphatic carbocycles. The molecule has 5 heteroatoms. The van der Waals surface area contributed by atoms with Gasteiger partial charge in [0.15, 0.2) is 0 Å². The molecule has 0 unspecified atom stereocenters. The fourth-order valence-electron chi connectivity index (χ4n) is 9.08. The Morgan fingerprint density at radius 1 is 0.123 bits per heavy atom. The Morgan fingerprint density at radius 2 is 0.219 bits per heavy atom. The van der Waals surface area contributed by atoms with E-state index in [0.29, 0.717) is 0 Å². The minimum atomic E-state index is 0. The van der Waals surface area contributed by atoms with E-state index in [1.165, 1.54) is 334 Å². The molecule has 0 saturated carbocycles. The van der Waals surface area contributed by atoms with Crippen molar-refractivity contribution >= 4 is 0 Å². The maximum atomic E-state index is 4.78. The molecule has 0 aliphatic rings. The second kappa shape index (κ2) is 89.3. The summed E-state index contributed by atoms with van der Waals surface area (Å²) in [5.41, 5.74) is 0. The van der Waals surface area contributed by atoms with Crippen LogP contribution < -0.4 is 0 Å². The summed E-state index contributed by atoms with van der Waals surface area (Å²) < 4.78 is 0. The molecule has 0 aliphatic heterocycles. The average molecular weight is 1110 g/mol. The van der Waals surface area contributed by atoms with Gasteiger partial charge in [-0.2, -0.15) is 0 Å². The zero-order valence-electron chi connectivity index (χ0n) is 52.7. The number of hydrogen-bond donors (Lipinski definition) is 0. The largest absolute Gasteiger partial charge is 4.00 e. The van der Waals surface area contributed by atoms with Gasteiger partial charge >= 0.3 is 26.2 Å². The van der Waals surface area contributed by atoms with Gasteiger partial charge in [-0.15, -0.1) is 52.4 Å². The molecule has 0 N–H and O–H groups in total. The molecule has 0 bridgehead atoms. The third kappa shape index (κ3) is 98.6. The summed E-state index contributed by atoms with van der Waals surface area (Å²) in [4.78, 5) is 0. The molecule has 0 aromatic heterocycles. The minimum absolute atomic E-state index is 0. The first kappa shape index (κ1) is 82.6. The van der Waals surface area contributed by atoms with Gasteiger partial charge in [-0.3, -0.25) is 0 Å². The molecule has 0 aromatic rings. The predicted octanol–water partition coefficient (Wildman–Crippen LogP) is 25.9. The molecule has 0 aromatic carbocycles. The Morgan fingerprint density at radius 3 is 0.342 bits per heavy atom. The summed E-state index contributed by atoms with van der Waals surface area (Å²) in [7, 11) is 0. The first-order chi connectivity index (χ1) is 35.7. The van der Waals surface area contributed by atoms with Crippen LogP contribution in [0.1, 0.15) is 389 Å². The van der Waals surface area contributed by atoms with Crippen molar-refractivity contribution in [3.8, 4) is 0 Å². The molecule has 0 amide bonds. The first-order valence-electron chi connectivity index (χ1n) is 34.2. The number of hydrogen-bond acceptors (Lipinski definition) is 0. The number of unbranched alkanes of at least 4 members (excludes halogenated alkanes) is 44.